The minimum atomic E-state index is -4.52. The summed E-state index contributed by atoms with van der Waals surface area (Å²) in [7, 11) is -2.34. The van der Waals surface area contributed by atoms with Gasteiger partial charge in [-0.3, -0.25) is 4.79 Å². The van der Waals surface area contributed by atoms with Gasteiger partial charge in [-0.1, -0.05) is 12.1 Å². The van der Waals surface area contributed by atoms with Crippen LogP contribution in [0.2, 0.25) is 0 Å². The molecule has 0 bridgehead atoms. The molecule has 1 atom stereocenters. The van der Waals surface area contributed by atoms with Gasteiger partial charge in [-0.2, -0.15) is 17.5 Å². The molecular weight excluding hydrogens is 449 g/mol. The summed E-state index contributed by atoms with van der Waals surface area (Å²) in [5.74, 6) is -0.738. The predicted octanol–water partition coefficient (Wildman–Crippen LogP) is 3.68. The highest BCUT2D eigenvalue weighted by Gasteiger charge is 2.34. The van der Waals surface area contributed by atoms with E-state index in [9.17, 15) is 26.4 Å². The van der Waals surface area contributed by atoms with Crippen LogP contribution in [-0.2, 0) is 14.8 Å². The number of amides is 1. The van der Waals surface area contributed by atoms with Gasteiger partial charge in [0, 0.05) is 13.1 Å². The average Bonchev–Trinajstić information content (AvgIpc) is 2.78. The van der Waals surface area contributed by atoms with Gasteiger partial charge in [-0.15, -0.1) is 0 Å². The van der Waals surface area contributed by atoms with Gasteiger partial charge >= 0.3 is 6.18 Å². The fourth-order valence-electron chi connectivity index (χ4n) is 3.36. The molecule has 0 spiro atoms. The molecule has 1 heterocycles. The molecule has 174 valence electrons. The van der Waals surface area contributed by atoms with Crippen molar-refractivity contribution in [2.45, 2.75) is 23.9 Å². The summed E-state index contributed by atoms with van der Waals surface area (Å²) in [6.07, 6.45) is -3.59. The Morgan fingerprint density at radius 1 is 1.16 bits per heavy atom. The van der Waals surface area contributed by atoms with Gasteiger partial charge in [0.1, 0.15) is 11.5 Å². The molecule has 1 aliphatic rings. The zero-order valence-electron chi connectivity index (χ0n) is 17.3. The van der Waals surface area contributed by atoms with Gasteiger partial charge in [-0.25, -0.2) is 8.42 Å². The largest absolute Gasteiger partial charge is 0.497 e. The first-order chi connectivity index (χ1) is 15.1. The minimum Gasteiger partial charge on any atom is -0.497 e. The highest BCUT2D eigenvalue weighted by atomic mass is 32.2. The van der Waals surface area contributed by atoms with Crippen LogP contribution in [0.1, 0.15) is 12.8 Å². The number of benzene rings is 2. The number of carbonyl (C=O) groups is 1. The number of ether oxygens (including phenoxy) is 2. The number of halogens is 3. The number of nitrogens with one attached hydrogen (secondary N) is 1. The molecule has 0 aromatic heterocycles. The van der Waals surface area contributed by atoms with E-state index in [1.165, 1.54) is 41.7 Å². The maximum Gasteiger partial charge on any atom is 0.422 e. The molecule has 0 unspecified atom stereocenters. The SMILES string of the molecule is COc1ccc(S(=O)(=O)N2CCC[C@H](C(=O)Nc3ccccc3OCC(F)(F)F)C2)cc1. The van der Waals surface area contributed by atoms with Crippen LogP contribution in [0.5, 0.6) is 11.5 Å². The zero-order chi connectivity index (χ0) is 23.4. The fourth-order valence-corrected chi connectivity index (χ4v) is 4.89. The predicted molar refractivity (Wildman–Crippen MR) is 111 cm³/mol. The molecule has 0 radical (unpaired) electrons. The average molecular weight is 472 g/mol. The molecule has 0 saturated carbocycles. The van der Waals surface area contributed by atoms with E-state index in [0.29, 0.717) is 18.6 Å². The monoisotopic (exact) mass is 472 g/mol. The van der Waals surface area contributed by atoms with Crippen molar-refractivity contribution in [2.75, 3.05) is 32.1 Å². The molecule has 1 saturated heterocycles. The van der Waals surface area contributed by atoms with E-state index in [1.54, 1.807) is 18.2 Å². The first-order valence-corrected chi connectivity index (χ1v) is 11.3. The van der Waals surface area contributed by atoms with E-state index in [0.717, 1.165) is 0 Å². The Morgan fingerprint density at radius 2 is 1.84 bits per heavy atom. The Labute approximate surface area is 184 Å². The molecule has 1 fully saturated rings. The second-order valence-electron chi connectivity index (χ2n) is 7.27. The molecule has 0 aliphatic carbocycles. The second-order valence-corrected chi connectivity index (χ2v) is 9.20. The number of hydrogen-bond acceptors (Lipinski definition) is 5. The third-order valence-electron chi connectivity index (χ3n) is 4.99. The standard InChI is InChI=1S/C21H23F3N2O5S/c1-30-16-8-10-17(11-9-16)32(28,29)26-12-4-5-15(13-26)20(27)25-18-6-2-3-7-19(18)31-14-21(22,23)24/h2-3,6-11,15H,4-5,12-14H2,1H3,(H,25,27)/t15-/m0/s1. The Balaban J connectivity index is 1.70. The quantitative estimate of drug-likeness (QED) is 0.665. The van der Waals surface area contributed by atoms with Gasteiger partial charge in [0.25, 0.3) is 0 Å². The number of alkyl halides is 3. The van der Waals surface area contributed by atoms with Gasteiger partial charge in [0.2, 0.25) is 15.9 Å². The third kappa shape index (κ3) is 5.92. The second kappa shape index (κ2) is 9.78. The Hall–Kier alpha value is -2.79. The third-order valence-corrected chi connectivity index (χ3v) is 6.87. The number of sulfonamides is 1. The van der Waals surface area contributed by atoms with Crippen molar-refractivity contribution in [1.82, 2.24) is 4.31 Å². The Morgan fingerprint density at radius 3 is 2.50 bits per heavy atom. The number of carbonyl (C=O) groups excluding carboxylic acids is 1. The van der Waals surface area contributed by atoms with Crippen molar-refractivity contribution in [3.8, 4) is 11.5 Å². The number of hydrogen-bond donors (Lipinski definition) is 1. The lowest BCUT2D eigenvalue weighted by atomic mass is 9.98. The molecule has 2 aromatic carbocycles. The number of nitrogens with zero attached hydrogens (tertiary/aromatic N) is 1. The first-order valence-electron chi connectivity index (χ1n) is 9.84. The molecule has 3 rings (SSSR count). The highest BCUT2D eigenvalue weighted by molar-refractivity contribution is 7.89. The summed E-state index contributed by atoms with van der Waals surface area (Å²) in [6.45, 7) is -1.26. The van der Waals surface area contributed by atoms with Crippen molar-refractivity contribution >= 4 is 21.6 Å². The van der Waals surface area contributed by atoms with Crippen molar-refractivity contribution in [3.63, 3.8) is 0 Å². The molecule has 1 N–H and O–H groups in total. The van der Waals surface area contributed by atoms with Crippen LogP contribution in [0.3, 0.4) is 0 Å². The topological polar surface area (TPSA) is 84.9 Å². The summed E-state index contributed by atoms with van der Waals surface area (Å²) in [6, 6.07) is 11.7. The van der Waals surface area contributed by atoms with Crippen LogP contribution in [0.15, 0.2) is 53.4 Å². The van der Waals surface area contributed by atoms with Crippen LogP contribution < -0.4 is 14.8 Å². The summed E-state index contributed by atoms with van der Waals surface area (Å²) < 4.78 is 74.5. The summed E-state index contributed by atoms with van der Waals surface area (Å²) in [4.78, 5) is 12.9. The number of piperidine rings is 1. The van der Waals surface area contributed by atoms with Gasteiger partial charge in [0.15, 0.2) is 6.61 Å². The molecule has 1 amide bonds. The first kappa shape index (κ1) is 23.9. The van der Waals surface area contributed by atoms with E-state index in [-0.39, 0.29) is 29.4 Å². The van der Waals surface area contributed by atoms with Gasteiger partial charge < -0.3 is 14.8 Å². The van der Waals surface area contributed by atoms with Crippen molar-refractivity contribution in [2.24, 2.45) is 5.92 Å². The number of para-hydroxylation sites is 2. The number of rotatable bonds is 7. The summed E-state index contributed by atoms with van der Waals surface area (Å²) in [5.41, 5.74) is 0.0943. The van der Waals surface area contributed by atoms with Crippen LogP contribution in [-0.4, -0.2) is 51.6 Å². The summed E-state index contributed by atoms with van der Waals surface area (Å²) >= 11 is 0. The van der Waals surface area contributed by atoms with E-state index in [1.807, 2.05) is 0 Å². The van der Waals surface area contributed by atoms with Crippen LogP contribution >= 0.6 is 0 Å². The molecule has 1 aliphatic heterocycles. The minimum absolute atomic E-state index is 0.0359. The smallest absolute Gasteiger partial charge is 0.422 e. The molecule has 7 nitrogen and oxygen atoms in total. The van der Waals surface area contributed by atoms with Crippen LogP contribution in [0.25, 0.3) is 0 Å². The lowest BCUT2D eigenvalue weighted by molar-refractivity contribution is -0.153. The maximum atomic E-state index is 13.0. The Bertz CT molecular complexity index is 1040. The van der Waals surface area contributed by atoms with Gasteiger partial charge in [-0.05, 0) is 49.2 Å². The molecule has 2 aromatic rings. The number of methoxy groups -OCH3 is 1. The fraction of sp³-hybridized carbons (Fsp3) is 0.381. The Kier molecular flexibility index (Phi) is 7.29. The molecular formula is C21H23F3N2O5S. The van der Waals surface area contributed by atoms with Gasteiger partial charge in [0.05, 0.1) is 23.6 Å². The van der Waals surface area contributed by atoms with E-state index in [2.05, 4.69) is 5.32 Å². The summed E-state index contributed by atoms with van der Waals surface area (Å²) in [5, 5.41) is 2.57. The van der Waals surface area contributed by atoms with E-state index < -0.39 is 34.6 Å². The van der Waals surface area contributed by atoms with E-state index >= 15 is 0 Å². The van der Waals surface area contributed by atoms with Crippen LogP contribution in [0, 0.1) is 5.92 Å². The zero-order valence-corrected chi connectivity index (χ0v) is 18.1. The number of anilines is 1. The maximum absolute atomic E-state index is 13.0. The lowest BCUT2D eigenvalue weighted by Gasteiger charge is -2.31. The normalized spacial score (nSPS) is 17.6. The van der Waals surface area contributed by atoms with Crippen molar-refractivity contribution in [1.29, 1.82) is 0 Å². The van der Waals surface area contributed by atoms with E-state index in [4.69, 9.17) is 9.47 Å². The molecule has 32 heavy (non-hydrogen) atoms. The van der Waals surface area contributed by atoms with Crippen molar-refractivity contribution in [3.05, 3.63) is 48.5 Å². The van der Waals surface area contributed by atoms with Crippen LogP contribution in [0.4, 0.5) is 18.9 Å². The lowest BCUT2D eigenvalue weighted by Crippen LogP contribution is -2.43. The molecule has 11 heteroatoms. The highest BCUT2D eigenvalue weighted by Crippen LogP contribution is 2.29. The van der Waals surface area contributed by atoms with Crippen molar-refractivity contribution < 1.29 is 35.9 Å².